The predicted octanol–water partition coefficient (Wildman–Crippen LogP) is 8.89. The molecule has 5 atom stereocenters. The lowest BCUT2D eigenvalue weighted by atomic mass is 9.54. The van der Waals surface area contributed by atoms with E-state index in [1.54, 1.807) is 0 Å². The highest BCUT2D eigenvalue weighted by Crippen LogP contribution is 2.58. The van der Waals surface area contributed by atoms with Gasteiger partial charge in [-0.25, -0.2) is 0 Å². The van der Waals surface area contributed by atoms with Crippen LogP contribution in [0.4, 0.5) is 0 Å². The van der Waals surface area contributed by atoms with Gasteiger partial charge >= 0.3 is 0 Å². The molecule has 0 N–H and O–H groups in total. The Labute approximate surface area is 171 Å². The van der Waals surface area contributed by atoms with Gasteiger partial charge in [0.05, 0.1) is 0 Å². The third-order valence-corrected chi connectivity index (χ3v) is 9.45. The van der Waals surface area contributed by atoms with Crippen molar-refractivity contribution in [2.75, 3.05) is 0 Å². The van der Waals surface area contributed by atoms with E-state index < -0.39 is 0 Å². The van der Waals surface area contributed by atoms with E-state index in [2.05, 4.69) is 55.4 Å². The van der Waals surface area contributed by atoms with Crippen LogP contribution in [0.5, 0.6) is 0 Å². The number of hydrogen-bond acceptors (Lipinski definition) is 0. The highest BCUT2D eigenvalue weighted by atomic mass is 14.5. The van der Waals surface area contributed by atoms with E-state index in [9.17, 15) is 0 Å². The predicted molar refractivity (Wildman–Crippen MR) is 120 cm³/mol. The quantitative estimate of drug-likeness (QED) is 0.430. The van der Waals surface area contributed by atoms with Crippen LogP contribution < -0.4 is 0 Å². The summed E-state index contributed by atoms with van der Waals surface area (Å²) in [7, 11) is 0. The Morgan fingerprint density at radius 3 is 1.44 bits per heavy atom. The van der Waals surface area contributed by atoms with Crippen LogP contribution in [-0.4, -0.2) is 0 Å². The zero-order valence-electron chi connectivity index (χ0n) is 20.1. The smallest absolute Gasteiger partial charge is 0.0292 e. The second kappa shape index (κ2) is 7.36. The summed E-state index contributed by atoms with van der Waals surface area (Å²) in [4.78, 5) is 0. The SMILES string of the molecule is CC1CCCC1C1(C)CCC(C)(C)CC2CC(C)(C)CCC(C)(C)CC2C1. The summed E-state index contributed by atoms with van der Waals surface area (Å²) in [6.07, 6.45) is 16.1. The summed E-state index contributed by atoms with van der Waals surface area (Å²) < 4.78 is 0. The fourth-order valence-electron chi connectivity index (χ4n) is 7.77. The van der Waals surface area contributed by atoms with Gasteiger partial charge in [0.15, 0.2) is 0 Å². The van der Waals surface area contributed by atoms with Crippen LogP contribution in [0.3, 0.4) is 0 Å². The van der Waals surface area contributed by atoms with Crippen molar-refractivity contribution in [2.24, 2.45) is 45.3 Å². The van der Waals surface area contributed by atoms with Gasteiger partial charge < -0.3 is 0 Å². The summed E-state index contributed by atoms with van der Waals surface area (Å²) in [6, 6.07) is 0. The fourth-order valence-corrected chi connectivity index (χ4v) is 7.77. The molecule has 27 heavy (non-hydrogen) atoms. The van der Waals surface area contributed by atoms with Gasteiger partial charge in [0.25, 0.3) is 0 Å². The van der Waals surface area contributed by atoms with Crippen LogP contribution in [0.15, 0.2) is 0 Å². The zero-order chi connectivity index (χ0) is 20.1. The molecular weight excluding hydrogens is 324 g/mol. The molecule has 0 spiro atoms. The summed E-state index contributed by atoms with van der Waals surface area (Å²) in [6.45, 7) is 20.7. The van der Waals surface area contributed by atoms with E-state index in [0.717, 1.165) is 23.7 Å². The van der Waals surface area contributed by atoms with Gasteiger partial charge in [0, 0.05) is 0 Å². The molecule has 0 saturated heterocycles. The van der Waals surface area contributed by atoms with Crippen molar-refractivity contribution >= 4 is 0 Å². The van der Waals surface area contributed by atoms with Gasteiger partial charge in [-0.1, -0.05) is 68.2 Å². The van der Waals surface area contributed by atoms with Crippen LogP contribution in [-0.2, 0) is 0 Å². The van der Waals surface area contributed by atoms with Gasteiger partial charge in [-0.3, -0.25) is 0 Å². The van der Waals surface area contributed by atoms with E-state index in [4.69, 9.17) is 0 Å². The number of rotatable bonds is 1. The molecule has 0 radical (unpaired) electrons. The van der Waals surface area contributed by atoms with Gasteiger partial charge in [0.1, 0.15) is 0 Å². The van der Waals surface area contributed by atoms with E-state index in [0.29, 0.717) is 21.7 Å². The van der Waals surface area contributed by atoms with Crippen molar-refractivity contribution in [3.63, 3.8) is 0 Å². The molecule has 3 aliphatic rings. The molecule has 0 aliphatic heterocycles. The van der Waals surface area contributed by atoms with Crippen LogP contribution >= 0.6 is 0 Å². The zero-order valence-corrected chi connectivity index (χ0v) is 20.1. The number of fused-ring (bicyclic) bond motifs is 1. The third kappa shape index (κ3) is 5.14. The number of hydrogen-bond donors (Lipinski definition) is 0. The molecular formula is C27H50. The monoisotopic (exact) mass is 374 g/mol. The Kier molecular flexibility index (Phi) is 5.91. The van der Waals surface area contributed by atoms with E-state index in [-0.39, 0.29) is 0 Å². The lowest BCUT2D eigenvalue weighted by molar-refractivity contribution is -0.0112. The van der Waals surface area contributed by atoms with Gasteiger partial charge in [0.2, 0.25) is 0 Å². The summed E-state index contributed by atoms with van der Waals surface area (Å²) in [5, 5.41) is 0. The van der Waals surface area contributed by atoms with Crippen molar-refractivity contribution in [1.29, 1.82) is 0 Å². The van der Waals surface area contributed by atoms with Crippen LogP contribution in [0.25, 0.3) is 0 Å². The molecule has 0 nitrogen and oxygen atoms in total. The maximum atomic E-state index is 2.72. The molecule has 3 aliphatic carbocycles. The average molecular weight is 375 g/mol. The highest BCUT2D eigenvalue weighted by molar-refractivity contribution is 4.98. The minimum absolute atomic E-state index is 0.520. The topological polar surface area (TPSA) is 0 Å². The van der Waals surface area contributed by atoms with Crippen molar-refractivity contribution in [1.82, 2.24) is 0 Å². The Morgan fingerprint density at radius 2 is 1.00 bits per heavy atom. The third-order valence-electron chi connectivity index (χ3n) is 9.45. The van der Waals surface area contributed by atoms with Gasteiger partial charge in [-0.05, 0) is 103 Å². The first-order valence-electron chi connectivity index (χ1n) is 12.3. The Bertz CT molecular complexity index is 508. The van der Waals surface area contributed by atoms with Crippen molar-refractivity contribution < 1.29 is 0 Å². The normalized spacial score (nSPS) is 44.4. The second-order valence-electron chi connectivity index (χ2n) is 14.0. The summed E-state index contributed by atoms with van der Waals surface area (Å²) in [5.41, 5.74) is 2.14. The molecule has 3 rings (SSSR count). The van der Waals surface area contributed by atoms with Crippen LogP contribution in [0.1, 0.15) is 126 Å². The lowest BCUT2D eigenvalue weighted by Gasteiger charge is -2.51. The standard InChI is InChI=1S/C27H50/c1-20-10-9-11-23(20)27(8)15-14-26(6,7)17-21-16-24(2,3)12-13-25(4,5)18-22(21)19-27/h20-23H,9-19H2,1-8H3. The molecule has 3 fully saturated rings. The van der Waals surface area contributed by atoms with E-state index in [1.807, 2.05) is 0 Å². The molecule has 0 amide bonds. The maximum absolute atomic E-state index is 2.72. The Hall–Kier alpha value is 0. The maximum Gasteiger partial charge on any atom is -0.0292 e. The minimum Gasteiger partial charge on any atom is -0.0622 e. The van der Waals surface area contributed by atoms with Crippen molar-refractivity contribution in [3.05, 3.63) is 0 Å². The molecule has 158 valence electrons. The molecule has 0 aromatic heterocycles. The van der Waals surface area contributed by atoms with Gasteiger partial charge in [-0.2, -0.15) is 0 Å². The molecule has 3 saturated carbocycles. The van der Waals surface area contributed by atoms with Crippen molar-refractivity contribution in [2.45, 2.75) is 126 Å². The minimum atomic E-state index is 0.520. The fraction of sp³-hybridized carbons (Fsp3) is 1.00. The average Bonchev–Trinajstić information content (AvgIpc) is 2.95. The summed E-state index contributed by atoms with van der Waals surface area (Å²) in [5.74, 6) is 3.81. The molecule has 0 aromatic carbocycles. The van der Waals surface area contributed by atoms with E-state index >= 15 is 0 Å². The molecule has 0 bridgehead atoms. The molecule has 0 heteroatoms. The van der Waals surface area contributed by atoms with E-state index in [1.165, 1.54) is 70.6 Å². The van der Waals surface area contributed by atoms with Gasteiger partial charge in [-0.15, -0.1) is 0 Å². The first-order chi connectivity index (χ1) is 12.3. The largest absolute Gasteiger partial charge is 0.0622 e. The first kappa shape index (κ1) is 21.7. The first-order valence-corrected chi connectivity index (χ1v) is 12.3. The van der Waals surface area contributed by atoms with Crippen molar-refractivity contribution in [3.8, 4) is 0 Å². The van der Waals surface area contributed by atoms with Crippen LogP contribution in [0.2, 0.25) is 0 Å². The molecule has 0 heterocycles. The highest BCUT2D eigenvalue weighted by Gasteiger charge is 2.47. The Morgan fingerprint density at radius 1 is 0.556 bits per heavy atom. The van der Waals surface area contributed by atoms with Crippen LogP contribution in [0, 0.1) is 45.3 Å². The molecule has 0 aromatic rings. The Balaban J connectivity index is 1.95. The second-order valence-corrected chi connectivity index (χ2v) is 14.0. The lowest BCUT2D eigenvalue weighted by Crippen LogP contribution is -2.41. The summed E-state index contributed by atoms with van der Waals surface area (Å²) >= 11 is 0. The molecule has 5 unspecified atom stereocenters.